The number of methoxy groups -OCH3 is 1. The fraction of sp³-hybridized carbons (Fsp3) is 0.222. The molecule has 0 aromatic heterocycles. The smallest absolute Gasteiger partial charge is 0.315 e. The van der Waals surface area contributed by atoms with E-state index in [2.05, 4.69) is 16.7 Å². The third kappa shape index (κ3) is 4.64. The molecule has 2 N–H and O–H groups in total. The molecule has 6 heteroatoms. The van der Waals surface area contributed by atoms with E-state index in [1.54, 1.807) is 37.4 Å². The molecule has 124 valence electrons. The Labute approximate surface area is 146 Å². The second-order valence-corrected chi connectivity index (χ2v) is 5.68. The Morgan fingerprint density at radius 1 is 1.29 bits per heavy atom. The fourth-order valence-electron chi connectivity index (χ4n) is 2.24. The number of ether oxygens (including phenoxy) is 1. The van der Waals surface area contributed by atoms with Gasteiger partial charge < -0.3 is 15.4 Å². The van der Waals surface area contributed by atoms with Crippen LogP contribution in [0.25, 0.3) is 0 Å². The Balaban J connectivity index is 1.93. The molecule has 2 amide bonds. The summed E-state index contributed by atoms with van der Waals surface area (Å²) >= 11 is 5.97. The van der Waals surface area contributed by atoms with Crippen LogP contribution in [0.1, 0.15) is 29.7 Å². The number of benzene rings is 2. The minimum Gasteiger partial charge on any atom is -0.496 e. The van der Waals surface area contributed by atoms with Crippen LogP contribution < -0.4 is 15.4 Å². The molecular weight excluding hydrogens is 326 g/mol. The molecule has 1 atom stereocenters. The summed E-state index contributed by atoms with van der Waals surface area (Å²) in [6, 6.07) is 13.9. The van der Waals surface area contributed by atoms with Crippen molar-refractivity contribution in [2.45, 2.75) is 19.5 Å². The van der Waals surface area contributed by atoms with Gasteiger partial charge in [-0.25, -0.2) is 4.79 Å². The van der Waals surface area contributed by atoms with Crippen LogP contribution in [-0.2, 0) is 6.54 Å². The van der Waals surface area contributed by atoms with Gasteiger partial charge in [0.05, 0.1) is 24.8 Å². The van der Waals surface area contributed by atoms with Crippen molar-refractivity contribution in [3.05, 3.63) is 64.2 Å². The van der Waals surface area contributed by atoms with Crippen LogP contribution in [0.3, 0.4) is 0 Å². The van der Waals surface area contributed by atoms with E-state index in [1.165, 1.54) is 0 Å². The molecule has 0 aliphatic rings. The molecule has 24 heavy (non-hydrogen) atoms. The van der Waals surface area contributed by atoms with Crippen molar-refractivity contribution in [1.82, 2.24) is 10.6 Å². The third-order valence-corrected chi connectivity index (χ3v) is 3.80. The summed E-state index contributed by atoms with van der Waals surface area (Å²) in [4.78, 5) is 12.1. The quantitative estimate of drug-likeness (QED) is 0.867. The highest BCUT2D eigenvalue weighted by molar-refractivity contribution is 6.30. The van der Waals surface area contributed by atoms with E-state index in [0.29, 0.717) is 22.9 Å². The van der Waals surface area contributed by atoms with Crippen LogP contribution in [0.15, 0.2) is 42.5 Å². The predicted molar refractivity (Wildman–Crippen MR) is 92.9 cm³/mol. The Kier molecular flexibility index (Phi) is 6.05. The lowest BCUT2D eigenvalue weighted by molar-refractivity contribution is 0.237. The van der Waals surface area contributed by atoms with Gasteiger partial charge in [-0.15, -0.1) is 0 Å². The molecule has 5 nitrogen and oxygen atoms in total. The zero-order valence-corrected chi connectivity index (χ0v) is 14.2. The number of amides is 2. The summed E-state index contributed by atoms with van der Waals surface area (Å²) in [6.07, 6.45) is 0. The highest BCUT2D eigenvalue weighted by atomic mass is 35.5. The molecular formula is C18H18ClN3O2. The van der Waals surface area contributed by atoms with Gasteiger partial charge in [0.1, 0.15) is 5.75 Å². The molecule has 0 heterocycles. The van der Waals surface area contributed by atoms with E-state index < -0.39 is 0 Å². The lowest BCUT2D eigenvalue weighted by Gasteiger charge is -2.16. The number of carbonyl (C=O) groups excluding carboxylic acids is 1. The first-order valence-electron chi connectivity index (χ1n) is 7.40. The monoisotopic (exact) mass is 343 g/mol. The van der Waals surface area contributed by atoms with E-state index in [0.717, 1.165) is 11.1 Å². The topological polar surface area (TPSA) is 74.2 Å². The maximum atomic E-state index is 12.1. The summed E-state index contributed by atoms with van der Waals surface area (Å²) in [6.45, 7) is 2.18. The van der Waals surface area contributed by atoms with Gasteiger partial charge in [-0.05, 0) is 42.8 Å². The Morgan fingerprint density at radius 3 is 2.62 bits per heavy atom. The number of urea groups is 1. The van der Waals surface area contributed by atoms with Crippen molar-refractivity contribution in [2.24, 2.45) is 0 Å². The number of nitrogens with zero attached hydrogens (tertiary/aromatic N) is 1. The van der Waals surface area contributed by atoms with Crippen LogP contribution in [0.4, 0.5) is 4.79 Å². The molecule has 0 aliphatic carbocycles. The molecule has 0 saturated heterocycles. The first-order valence-corrected chi connectivity index (χ1v) is 7.78. The van der Waals surface area contributed by atoms with Crippen molar-refractivity contribution < 1.29 is 9.53 Å². The molecule has 0 aliphatic heterocycles. The maximum absolute atomic E-state index is 12.1. The normalized spacial score (nSPS) is 11.2. The van der Waals surface area contributed by atoms with Gasteiger partial charge in [0.2, 0.25) is 0 Å². The summed E-state index contributed by atoms with van der Waals surface area (Å²) in [5.41, 5.74) is 2.30. The standard InChI is InChI=1S/C18H18ClN3O2/c1-12(14-5-3-13(10-20)4-6-14)22-18(23)21-11-15-9-16(19)7-8-17(15)24-2/h3-9,12H,11H2,1-2H3,(H2,21,22,23). The van der Waals surface area contributed by atoms with Gasteiger partial charge in [0.25, 0.3) is 0 Å². The average Bonchev–Trinajstić information content (AvgIpc) is 2.60. The van der Waals surface area contributed by atoms with Crippen molar-refractivity contribution >= 4 is 17.6 Å². The molecule has 0 bridgehead atoms. The zero-order chi connectivity index (χ0) is 17.5. The third-order valence-electron chi connectivity index (χ3n) is 3.57. The number of carbonyl (C=O) groups is 1. The van der Waals surface area contributed by atoms with E-state index in [1.807, 2.05) is 19.1 Å². The molecule has 2 aromatic carbocycles. The Hall–Kier alpha value is -2.71. The van der Waals surface area contributed by atoms with Crippen molar-refractivity contribution in [3.8, 4) is 11.8 Å². The van der Waals surface area contributed by atoms with Crippen molar-refractivity contribution in [3.63, 3.8) is 0 Å². The molecule has 0 saturated carbocycles. The number of rotatable bonds is 5. The van der Waals surface area contributed by atoms with Crippen LogP contribution in [0.5, 0.6) is 5.75 Å². The number of halogens is 1. The molecule has 0 fully saturated rings. The number of nitrogens with one attached hydrogen (secondary N) is 2. The summed E-state index contributed by atoms with van der Waals surface area (Å²) in [7, 11) is 1.57. The molecule has 1 unspecified atom stereocenters. The second-order valence-electron chi connectivity index (χ2n) is 5.24. The van der Waals surface area contributed by atoms with Crippen LogP contribution >= 0.6 is 11.6 Å². The van der Waals surface area contributed by atoms with E-state index in [4.69, 9.17) is 21.6 Å². The van der Waals surface area contributed by atoms with Gasteiger partial charge in [-0.1, -0.05) is 23.7 Å². The second kappa shape index (κ2) is 8.23. The van der Waals surface area contributed by atoms with Gasteiger partial charge in [-0.3, -0.25) is 0 Å². The van der Waals surface area contributed by atoms with Gasteiger partial charge in [-0.2, -0.15) is 5.26 Å². The van der Waals surface area contributed by atoms with Crippen LogP contribution in [0.2, 0.25) is 5.02 Å². The van der Waals surface area contributed by atoms with Crippen LogP contribution in [-0.4, -0.2) is 13.1 Å². The molecule has 0 spiro atoms. The predicted octanol–water partition coefficient (Wildman–Crippen LogP) is 3.78. The maximum Gasteiger partial charge on any atom is 0.315 e. The van der Waals surface area contributed by atoms with E-state index >= 15 is 0 Å². The highest BCUT2D eigenvalue weighted by Crippen LogP contribution is 2.22. The lowest BCUT2D eigenvalue weighted by Crippen LogP contribution is -2.36. The molecule has 2 aromatic rings. The average molecular weight is 344 g/mol. The minimum absolute atomic E-state index is 0.181. The first kappa shape index (κ1) is 17.6. The van der Waals surface area contributed by atoms with Gasteiger partial charge >= 0.3 is 6.03 Å². The number of hydrogen-bond donors (Lipinski definition) is 2. The first-order chi connectivity index (χ1) is 11.5. The Bertz CT molecular complexity index is 754. The van der Waals surface area contributed by atoms with Gasteiger partial charge in [0, 0.05) is 17.1 Å². The summed E-state index contributed by atoms with van der Waals surface area (Å²) in [5, 5.41) is 15.0. The van der Waals surface area contributed by atoms with Crippen molar-refractivity contribution in [2.75, 3.05) is 7.11 Å². The van der Waals surface area contributed by atoms with E-state index in [-0.39, 0.29) is 12.1 Å². The van der Waals surface area contributed by atoms with Crippen LogP contribution in [0, 0.1) is 11.3 Å². The zero-order valence-electron chi connectivity index (χ0n) is 13.5. The van der Waals surface area contributed by atoms with E-state index in [9.17, 15) is 4.79 Å². The number of nitriles is 1. The summed E-state index contributed by atoms with van der Waals surface area (Å²) < 4.78 is 5.25. The van der Waals surface area contributed by atoms with Gasteiger partial charge in [0.15, 0.2) is 0 Å². The number of hydrogen-bond acceptors (Lipinski definition) is 3. The molecule has 0 radical (unpaired) electrons. The Morgan fingerprint density at radius 2 is 2.00 bits per heavy atom. The lowest BCUT2D eigenvalue weighted by atomic mass is 10.1. The molecule has 2 rings (SSSR count). The fourth-order valence-corrected chi connectivity index (χ4v) is 2.43. The largest absolute Gasteiger partial charge is 0.496 e. The highest BCUT2D eigenvalue weighted by Gasteiger charge is 2.10. The minimum atomic E-state index is -0.297. The SMILES string of the molecule is COc1ccc(Cl)cc1CNC(=O)NC(C)c1ccc(C#N)cc1. The summed E-state index contributed by atoms with van der Waals surface area (Å²) in [5.74, 6) is 0.667. The van der Waals surface area contributed by atoms with Crippen molar-refractivity contribution in [1.29, 1.82) is 5.26 Å².